The first-order valence-electron chi connectivity index (χ1n) is 8.17. The highest BCUT2D eigenvalue weighted by atomic mass is 35.5. The lowest BCUT2D eigenvalue weighted by atomic mass is 10.1. The van der Waals surface area contributed by atoms with Crippen LogP contribution < -0.4 is 5.32 Å². The summed E-state index contributed by atoms with van der Waals surface area (Å²) in [7, 11) is 0. The highest BCUT2D eigenvalue weighted by Gasteiger charge is 2.33. The van der Waals surface area contributed by atoms with E-state index >= 15 is 0 Å². The number of nitriles is 1. The van der Waals surface area contributed by atoms with Crippen molar-refractivity contribution in [2.24, 2.45) is 0 Å². The van der Waals surface area contributed by atoms with Crippen LogP contribution in [0.3, 0.4) is 0 Å². The third-order valence-corrected chi connectivity index (χ3v) is 4.17. The summed E-state index contributed by atoms with van der Waals surface area (Å²) in [5, 5.41) is 11.3. The molecule has 1 N–H and O–H groups in total. The number of carbonyl (C=O) groups excluding carboxylic acids is 1. The van der Waals surface area contributed by atoms with Crippen molar-refractivity contribution >= 4 is 23.6 Å². The number of furan rings is 2. The van der Waals surface area contributed by atoms with E-state index in [0.29, 0.717) is 5.76 Å². The first-order chi connectivity index (χ1) is 13.8. The van der Waals surface area contributed by atoms with Gasteiger partial charge in [0.1, 0.15) is 28.9 Å². The van der Waals surface area contributed by atoms with Crippen LogP contribution in [0.15, 0.2) is 63.1 Å². The van der Waals surface area contributed by atoms with Crippen molar-refractivity contribution in [3.8, 4) is 17.4 Å². The lowest BCUT2D eigenvalue weighted by Crippen LogP contribution is -2.23. The fourth-order valence-corrected chi connectivity index (χ4v) is 2.67. The van der Waals surface area contributed by atoms with E-state index in [9.17, 15) is 23.2 Å². The number of nitrogens with one attached hydrogen (secondary N) is 1. The minimum absolute atomic E-state index is 0.0965. The van der Waals surface area contributed by atoms with Crippen molar-refractivity contribution in [3.63, 3.8) is 0 Å². The minimum atomic E-state index is -4.61. The van der Waals surface area contributed by atoms with Gasteiger partial charge in [-0.3, -0.25) is 4.79 Å². The van der Waals surface area contributed by atoms with Crippen molar-refractivity contribution in [2.45, 2.75) is 12.7 Å². The second kappa shape index (κ2) is 8.29. The van der Waals surface area contributed by atoms with Gasteiger partial charge in [0.15, 0.2) is 0 Å². The molecular formula is C20H12ClF3N2O3. The van der Waals surface area contributed by atoms with E-state index in [2.05, 4.69) is 5.32 Å². The van der Waals surface area contributed by atoms with Gasteiger partial charge in [0.05, 0.1) is 23.4 Å². The molecule has 1 amide bonds. The summed E-state index contributed by atoms with van der Waals surface area (Å²) >= 11 is 5.62. The monoisotopic (exact) mass is 420 g/mol. The fraction of sp³-hybridized carbons (Fsp3) is 0.100. The number of rotatable bonds is 5. The molecule has 5 nitrogen and oxygen atoms in total. The van der Waals surface area contributed by atoms with Crippen molar-refractivity contribution in [2.75, 3.05) is 0 Å². The molecule has 0 aliphatic carbocycles. The predicted octanol–water partition coefficient (Wildman–Crippen LogP) is 5.44. The zero-order valence-electron chi connectivity index (χ0n) is 14.6. The molecule has 0 aliphatic heterocycles. The Kier molecular flexibility index (Phi) is 5.80. The van der Waals surface area contributed by atoms with Gasteiger partial charge in [0.2, 0.25) is 0 Å². The smallest absolute Gasteiger partial charge is 0.417 e. The maximum Gasteiger partial charge on any atom is 0.417 e. The zero-order valence-corrected chi connectivity index (χ0v) is 15.3. The molecule has 2 aromatic heterocycles. The van der Waals surface area contributed by atoms with Gasteiger partial charge in [-0.2, -0.15) is 18.4 Å². The maximum absolute atomic E-state index is 13.0. The van der Waals surface area contributed by atoms with Crippen LogP contribution in [0.4, 0.5) is 13.2 Å². The van der Waals surface area contributed by atoms with Crippen molar-refractivity contribution < 1.29 is 26.8 Å². The molecule has 3 aromatic rings. The molecule has 29 heavy (non-hydrogen) atoms. The van der Waals surface area contributed by atoms with E-state index in [0.717, 1.165) is 12.1 Å². The van der Waals surface area contributed by atoms with Gasteiger partial charge in [-0.1, -0.05) is 11.6 Å². The topological polar surface area (TPSA) is 79.2 Å². The van der Waals surface area contributed by atoms with Crippen LogP contribution in [0.5, 0.6) is 0 Å². The molecule has 0 spiro atoms. The number of hydrogen-bond acceptors (Lipinski definition) is 4. The van der Waals surface area contributed by atoms with Crippen LogP contribution in [-0.4, -0.2) is 5.91 Å². The van der Waals surface area contributed by atoms with Crippen LogP contribution in [0.1, 0.15) is 17.1 Å². The molecule has 2 heterocycles. The molecule has 0 bridgehead atoms. The number of alkyl halides is 3. The van der Waals surface area contributed by atoms with Gasteiger partial charge in [0.25, 0.3) is 5.91 Å². The van der Waals surface area contributed by atoms with Crippen molar-refractivity contribution in [1.29, 1.82) is 5.26 Å². The van der Waals surface area contributed by atoms with E-state index in [4.69, 9.17) is 20.4 Å². The van der Waals surface area contributed by atoms with Crippen LogP contribution in [0.2, 0.25) is 5.02 Å². The second-order valence-corrected chi connectivity index (χ2v) is 6.23. The van der Waals surface area contributed by atoms with Crippen molar-refractivity contribution in [3.05, 3.63) is 76.4 Å². The lowest BCUT2D eigenvalue weighted by molar-refractivity contribution is -0.137. The SMILES string of the molecule is N#C/C(=C/c1ccc(-c2ccc(Cl)c(C(F)(F)F)c2)o1)C(=O)NCc1ccco1. The number of hydrogen-bond donors (Lipinski definition) is 1. The highest BCUT2D eigenvalue weighted by molar-refractivity contribution is 6.31. The van der Waals surface area contributed by atoms with E-state index in [1.807, 2.05) is 0 Å². The summed E-state index contributed by atoms with van der Waals surface area (Å²) in [6.45, 7) is 0.0965. The average Bonchev–Trinajstić information content (AvgIpc) is 3.35. The van der Waals surface area contributed by atoms with Crippen LogP contribution >= 0.6 is 11.6 Å². The third-order valence-electron chi connectivity index (χ3n) is 3.84. The number of nitrogens with zero attached hydrogens (tertiary/aromatic N) is 1. The molecule has 0 saturated carbocycles. The summed E-state index contributed by atoms with van der Waals surface area (Å²) < 4.78 is 49.6. The molecule has 0 radical (unpaired) electrons. The molecule has 9 heteroatoms. The normalized spacial score (nSPS) is 11.9. The van der Waals surface area contributed by atoms with Gasteiger partial charge >= 0.3 is 6.18 Å². The Labute approximate surface area is 168 Å². The molecule has 0 saturated heterocycles. The van der Waals surface area contributed by atoms with Gasteiger partial charge in [-0.05, 0) is 42.5 Å². The van der Waals surface area contributed by atoms with Gasteiger partial charge in [-0.15, -0.1) is 0 Å². The molecule has 0 atom stereocenters. The third kappa shape index (κ3) is 4.89. The summed E-state index contributed by atoms with van der Waals surface area (Å²) in [5.74, 6) is 0.131. The van der Waals surface area contributed by atoms with Gasteiger partial charge in [-0.25, -0.2) is 0 Å². The molecule has 0 fully saturated rings. The minimum Gasteiger partial charge on any atom is -0.467 e. The number of benzene rings is 1. The van der Waals surface area contributed by atoms with Gasteiger partial charge < -0.3 is 14.2 Å². The predicted molar refractivity (Wildman–Crippen MR) is 98.3 cm³/mol. The number of amides is 1. The second-order valence-electron chi connectivity index (χ2n) is 5.83. The Bertz CT molecular complexity index is 1090. The average molecular weight is 421 g/mol. The van der Waals surface area contributed by atoms with Gasteiger partial charge in [0, 0.05) is 11.6 Å². The maximum atomic E-state index is 13.0. The highest BCUT2D eigenvalue weighted by Crippen LogP contribution is 2.37. The van der Waals surface area contributed by atoms with Crippen LogP contribution in [0.25, 0.3) is 17.4 Å². The molecule has 3 rings (SSSR count). The standard InChI is InChI=1S/C20H12ClF3N2O3/c21-17-5-3-12(9-16(17)20(22,23)24)18-6-4-14(29-18)8-13(10-25)19(27)26-11-15-2-1-7-28-15/h1-9H,11H2,(H,26,27)/b13-8-. The van der Waals surface area contributed by atoms with E-state index in [1.54, 1.807) is 18.2 Å². The Morgan fingerprint density at radius 1 is 1.24 bits per heavy atom. The fourth-order valence-electron chi connectivity index (χ4n) is 2.45. The number of halogens is 4. The zero-order chi connectivity index (χ0) is 21.0. The quantitative estimate of drug-likeness (QED) is 0.440. The Balaban J connectivity index is 1.80. The summed E-state index contributed by atoms with van der Waals surface area (Å²) in [5.41, 5.74) is -1.06. The summed E-state index contributed by atoms with van der Waals surface area (Å²) in [4.78, 5) is 12.1. The van der Waals surface area contributed by atoms with Crippen molar-refractivity contribution in [1.82, 2.24) is 5.32 Å². The Morgan fingerprint density at radius 2 is 2.03 bits per heavy atom. The van der Waals surface area contributed by atoms with E-state index in [-0.39, 0.29) is 29.2 Å². The number of carbonyl (C=O) groups is 1. The summed E-state index contributed by atoms with van der Waals surface area (Å²) in [6, 6.07) is 11.3. The van der Waals surface area contributed by atoms with Crippen LogP contribution in [0, 0.1) is 11.3 Å². The van der Waals surface area contributed by atoms with E-state index in [1.165, 1.54) is 30.5 Å². The molecule has 148 valence electrons. The Morgan fingerprint density at radius 3 is 2.69 bits per heavy atom. The molecule has 0 aliphatic rings. The Hall–Kier alpha value is -3.44. The van der Waals surface area contributed by atoms with Crippen LogP contribution in [-0.2, 0) is 17.5 Å². The van der Waals surface area contributed by atoms with E-state index < -0.39 is 22.7 Å². The molecule has 1 aromatic carbocycles. The lowest BCUT2D eigenvalue weighted by Gasteiger charge is -2.09. The molecule has 0 unspecified atom stereocenters. The first-order valence-corrected chi connectivity index (χ1v) is 8.55. The molecular weight excluding hydrogens is 409 g/mol. The summed E-state index contributed by atoms with van der Waals surface area (Å²) in [6.07, 6.45) is -1.96. The largest absolute Gasteiger partial charge is 0.467 e. The first kappa shape index (κ1) is 20.3.